The Bertz CT molecular complexity index is 3230. The molecule has 0 saturated carbocycles. The van der Waals surface area contributed by atoms with Gasteiger partial charge in [0.15, 0.2) is 24.4 Å². The van der Waals surface area contributed by atoms with Gasteiger partial charge in [-0.2, -0.15) is 0 Å². The van der Waals surface area contributed by atoms with Gasteiger partial charge in [0, 0.05) is 28.7 Å². The normalized spacial score (nSPS) is 20.2. The third-order valence-corrected chi connectivity index (χ3v) is 32.3. The Morgan fingerprint density at radius 3 is 0.709 bits per heavy atom. The number of aliphatic hydroxyl groups is 3. The maximum Gasteiger partial charge on any atom is 0.333 e. The molecule has 16 nitrogen and oxygen atoms in total. The average Bonchev–Trinajstić information content (AvgIpc) is 0.769. The van der Waals surface area contributed by atoms with E-state index in [1.165, 1.54) is 411 Å². The highest BCUT2D eigenvalue weighted by atomic mass is 16.8. The summed E-state index contributed by atoms with van der Waals surface area (Å²) in [4.78, 5) is 74.1. The molecule has 16 heteroatoms. The van der Waals surface area contributed by atoms with Crippen LogP contribution in [0, 0.1) is 47.3 Å². The van der Waals surface area contributed by atoms with Crippen LogP contribution in [0.15, 0.2) is 46.6 Å². The fourth-order valence-electron chi connectivity index (χ4n) is 23.1. The van der Waals surface area contributed by atoms with Crippen LogP contribution < -0.4 is 0 Å². The third kappa shape index (κ3) is 75.1. The molecule has 0 bridgehead atoms. The van der Waals surface area contributed by atoms with Crippen molar-refractivity contribution in [3.8, 4) is 0 Å². The molecule has 868 valence electrons. The van der Waals surface area contributed by atoms with Gasteiger partial charge in [-0.25, -0.2) is 19.2 Å². The van der Waals surface area contributed by atoms with E-state index in [0.29, 0.717) is 41.2 Å². The molecular weight excluding hydrogens is 1840 g/mol. The summed E-state index contributed by atoms with van der Waals surface area (Å²) in [7, 11) is 0. The number of ether oxygens (including phenoxy) is 8. The summed E-state index contributed by atoms with van der Waals surface area (Å²) in [6.07, 6.45) is 90.9. The first kappa shape index (κ1) is 140. The molecule has 2 heterocycles. The van der Waals surface area contributed by atoms with Crippen LogP contribution in [0.5, 0.6) is 0 Å². The summed E-state index contributed by atoms with van der Waals surface area (Å²) in [5.41, 5.74) is 1.18. The zero-order chi connectivity index (χ0) is 108. The summed E-state index contributed by atoms with van der Waals surface area (Å²) in [6, 6.07) is 0. The lowest BCUT2D eigenvalue weighted by molar-refractivity contribution is -0.377. The second-order valence-corrected chi connectivity index (χ2v) is 48.2. The van der Waals surface area contributed by atoms with Crippen molar-refractivity contribution >= 4 is 29.8 Å². The van der Waals surface area contributed by atoms with E-state index < -0.39 is 104 Å². The first-order valence-electron chi connectivity index (χ1n) is 64.4. The molecule has 2 rings (SSSR count). The van der Waals surface area contributed by atoms with Crippen LogP contribution in [-0.2, 0) is 61.9 Å². The van der Waals surface area contributed by atoms with Crippen LogP contribution >= 0.6 is 0 Å². The van der Waals surface area contributed by atoms with E-state index in [1.807, 2.05) is 24.3 Å². The molecule has 0 aromatic heterocycles. The summed E-state index contributed by atoms with van der Waals surface area (Å²) in [6.45, 7) is 34.2. The van der Waals surface area contributed by atoms with Crippen molar-refractivity contribution in [3.63, 3.8) is 0 Å². The van der Waals surface area contributed by atoms with Crippen molar-refractivity contribution in [3.05, 3.63) is 46.6 Å². The Hall–Kier alpha value is -3.93. The lowest BCUT2D eigenvalue weighted by atomic mass is 9.91. The van der Waals surface area contributed by atoms with E-state index in [4.69, 9.17) is 37.9 Å². The number of carbonyl (C=O) groups is 5. The average molecular weight is 2090 g/mol. The Balaban J connectivity index is 2.69. The summed E-state index contributed by atoms with van der Waals surface area (Å²) in [5, 5.41) is 37.5. The van der Waals surface area contributed by atoms with E-state index in [0.717, 1.165) is 103 Å². The largest absolute Gasteiger partial charge is 0.459 e. The van der Waals surface area contributed by atoms with Crippen molar-refractivity contribution in [1.82, 2.24) is 0 Å². The molecule has 2 fully saturated rings. The van der Waals surface area contributed by atoms with Crippen LogP contribution in [0.4, 0.5) is 0 Å². The minimum Gasteiger partial charge on any atom is -0.459 e. The molecule has 4 unspecified atom stereocenters. The van der Waals surface area contributed by atoms with Gasteiger partial charge in [0.1, 0.15) is 31.0 Å². The summed E-state index contributed by atoms with van der Waals surface area (Å²) >= 11 is 0. The lowest BCUT2D eigenvalue weighted by Crippen LogP contribution is -2.66. The molecule has 148 heavy (non-hydrogen) atoms. The van der Waals surface area contributed by atoms with E-state index in [1.54, 1.807) is 27.7 Å². The molecular formula is C132H244O16. The molecule has 0 amide bonds. The zero-order valence-corrected chi connectivity index (χ0v) is 100. The number of unbranched alkanes of at least 4 members (excludes halogenated alkanes) is 68. The quantitative estimate of drug-likeness (QED) is 0.0223. The maximum atomic E-state index is 15.1. The molecule has 2 aliphatic heterocycles. The lowest BCUT2D eigenvalue weighted by Gasteiger charge is -2.47. The van der Waals surface area contributed by atoms with E-state index in [9.17, 15) is 29.7 Å². The number of hydrogen-bond donors (Lipinski definition) is 3. The predicted molar refractivity (Wildman–Crippen MR) is 623 cm³/mol. The van der Waals surface area contributed by atoms with Gasteiger partial charge in [0.05, 0.1) is 6.61 Å². The summed E-state index contributed by atoms with van der Waals surface area (Å²) in [5.74, 6) is -2.17. The molecule has 2 aliphatic rings. The van der Waals surface area contributed by atoms with Gasteiger partial charge in [-0.1, -0.05) is 602 Å². The molecule has 18 atom stereocenters. The van der Waals surface area contributed by atoms with E-state index in [2.05, 4.69) is 90.0 Å². The van der Waals surface area contributed by atoms with Crippen molar-refractivity contribution in [2.45, 2.75) is 706 Å². The number of carbonyl (C=O) groups excluding carboxylic acids is 5. The van der Waals surface area contributed by atoms with Crippen LogP contribution in [0.25, 0.3) is 0 Å². The molecule has 3 N–H and O–H groups in total. The smallest absolute Gasteiger partial charge is 0.333 e. The van der Waals surface area contributed by atoms with Gasteiger partial charge in [0.25, 0.3) is 0 Å². The third-order valence-electron chi connectivity index (χ3n) is 32.3. The Morgan fingerprint density at radius 2 is 0.459 bits per heavy atom. The first-order chi connectivity index (χ1) is 71.7. The SMILES string of the molecule is CCCCCCCCCCCCCCCCCCCC[C@H](C)C[C@H](C)/C=C(\C)C(=O)OCC1O[C@H](O[C@H]2OC(CO)[C@@H](OC(=O)/C(C)=C/[C@@H](C)C[C@@H](C)CCCCCCCCCCCCCCCC)C(O)[C@@H]2OC(=O)/C(C)=C/[C@@H](C)C[C@@H](C)CCCCCCCCCCCCCCCC)[C@H](OC(=O)CCCCCCCCCCCCCCC)C(OC(=O)/C(C)=C/[C@@H](C)C[C@@H](C)CCCCCCCCCCCCCCCC)[C@@H]1O. The van der Waals surface area contributed by atoms with Crippen molar-refractivity contribution in [2.24, 2.45) is 47.3 Å². The number of esters is 5. The number of hydrogen-bond acceptors (Lipinski definition) is 16. The Kier molecular flexibility index (Phi) is 91.3. The highest BCUT2D eigenvalue weighted by Crippen LogP contribution is 2.37. The highest BCUT2D eigenvalue weighted by molar-refractivity contribution is 5.89. The van der Waals surface area contributed by atoms with Gasteiger partial charge >= 0.3 is 29.8 Å². The Labute approximate surface area is 914 Å². The molecule has 0 aromatic rings. The molecule has 0 aromatic carbocycles. The van der Waals surface area contributed by atoms with Gasteiger partial charge in [0.2, 0.25) is 12.6 Å². The number of rotatable bonds is 103. The van der Waals surface area contributed by atoms with Gasteiger partial charge < -0.3 is 53.2 Å². The number of aliphatic hydroxyl groups excluding tert-OH is 3. The van der Waals surface area contributed by atoms with E-state index in [-0.39, 0.29) is 41.2 Å². The van der Waals surface area contributed by atoms with Crippen molar-refractivity contribution in [1.29, 1.82) is 0 Å². The minimum atomic E-state index is -1.92. The van der Waals surface area contributed by atoms with Crippen molar-refractivity contribution < 1.29 is 77.2 Å². The standard InChI is InChI=1S/C132H244O16/c1-18-23-28-33-38-43-48-53-57-58-59-60-65-69-74-76-81-86-91-106(6)96-110(10)100-114(14)127(137)141-105-119-121(135)124(146-129(139)116(16)102-112(12)98-108(8)93-88-83-78-72-67-63-55-50-45-40-35-30-25-20-3)126(144-120(134)95-90-85-80-75-70-61-52-47-42-37-32-27-22-5)132(143-119)148-131-125(147-130(140)117(17)103-113(13)99-109(9)94-89-84-79-73-68-64-56-51-46-41-36-31-26-21-4)122(136)123(118(104-133)142-131)145-128(138)115(15)101-111(11)97-107(7)92-87-82-77-71-66-62-54-49-44-39-34-29-24-19-2/h100-103,106-113,118-119,121-126,131-133,135-136H,18-99,104-105H2,1-17H3/b114-100+,115-101+,116-102+,117-103+/t106-,107-,108-,109-,110-,111-,112-,113-,118?,119?,121+,122?,123+,124?,125-,126+,131+,132+/m0/s1. The molecule has 2 saturated heterocycles. The van der Waals surface area contributed by atoms with Crippen LogP contribution in [-0.4, -0.2) is 120 Å². The molecule has 0 spiro atoms. The van der Waals surface area contributed by atoms with Gasteiger partial charge in [-0.3, -0.25) is 4.79 Å². The van der Waals surface area contributed by atoms with Crippen molar-refractivity contribution in [2.75, 3.05) is 13.2 Å². The van der Waals surface area contributed by atoms with Gasteiger partial charge in [-0.05, 0) is 107 Å². The van der Waals surface area contributed by atoms with Crippen LogP contribution in [0.2, 0.25) is 0 Å². The summed E-state index contributed by atoms with van der Waals surface area (Å²) < 4.78 is 52.3. The molecule has 0 radical (unpaired) electrons. The van der Waals surface area contributed by atoms with Gasteiger partial charge in [-0.15, -0.1) is 0 Å². The second kappa shape index (κ2) is 96.4. The Morgan fingerprint density at radius 1 is 0.250 bits per heavy atom. The monoisotopic (exact) mass is 2090 g/mol. The fraction of sp³-hybridized carbons (Fsp3) is 0.902. The second-order valence-electron chi connectivity index (χ2n) is 48.2. The highest BCUT2D eigenvalue weighted by Gasteiger charge is 2.56. The predicted octanol–water partition coefficient (Wildman–Crippen LogP) is 38.3. The zero-order valence-electron chi connectivity index (χ0n) is 100. The van der Waals surface area contributed by atoms with E-state index >= 15 is 9.59 Å². The minimum absolute atomic E-state index is 0.00120. The fourth-order valence-corrected chi connectivity index (χ4v) is 23.1. The topological polar surface area (TPSA) is 220 Å². The maximum absolute atomic E-state index is 15.1. The van der Waals surface area contributed by atoms with Crippen LogP contribution in [0.3, 0.4) is 0 Å². The molecule has 0 aliphatic carbocycles. The van der Waals surface area contributed by atoms with Crippen LogP contribution in [0.1, 0.15) is 644 Å². The number of allylic oxidation sites excluding steroid dienone is 4. The first-order valence-corrected chi connectivity index (χ1v) is 64.4.